The molecule has 0 aliphatic heterocycles. The summed E-state index contributed by atoms with van der Waals surface area (Å²) in [5.41, 5.74) is 1.69. The highest BCUT2D eigenvalue weighted by Gasteiger charge is 2.06. The van der Waals surface area contributed by atoms with Crippen LogP contribution in [0.5, 0.6) is 5.75 Å². The number of carbonyl (C=O) groups is 1. The van der Waals surface area contributed by atoms with E-state index in [0.29, 0.717) is 12.4 Å². The third-order valence-electron chi connectivity index (χ3n) is 3.20. The number of rotatable bonds is 7. The summed E-state index contributed by atoms with van der Waals surface area (Å²) >= 11 is 3.42. The molecule has 0 fully saturated rings. The molecule has 2 aromatic carbocycles. The molecule has 0 spiro atoms. The third kappa shape index (κ3) is 5.72. The fourth-order valence-electron chi connectivity index (χ4n) is 1.97. The normalized spacial score (nSPS) is 10.6. The van der Waals surface area contributed by atoms with Crippen molar-refractivity contribution in [2.45, 2.75) is 13.5 Å². The minimum atomic E-state index is -0.441. The van der Waals surface area contributed by atoms with Crippen molar-refractivity contribution < 1.29 is 19.2 Å². The molecular weight excluding hydrogens is 390 g/mol. The molecule has 0 radical (unpaired) electrons. The van der Waals surface area contributed by atoms with Crippen LogP contribution in [0.4, 0.5) is 5.69 Å². The quantitative estimate of drug-likeness (QED) is 0.293. The molecule has 0 aliphatic carbocycles. The Hall–Kier alpha value is -2.67. The maximum absolute atomic E-state index is 11.3. The Bertz CT molecular complexity index is 787. The van der Waals surface area contributed by atoms with Crippen molar-refractivity contribution in [2.75, 3.05) is 6.61 Å². The van der Waals surface area contributed by atoms with Gasteiger partial charge in [-0.15, -0.1) is 0 Å². The van der Waals surface area contributed by atoms with Crippen LogP contribution in [0.15, 0.2) is 53.0 Å². The van der Waals surface area contributed by atoms with Crippen LogP contribution < -0.4 is 4.74 Å². The Labute approximate surface area is 153 Å². The predicted octanol–water partition coefficient (Wildman–Crippen LogP) is 4.51. The molecule has 2 rings (SSSR count). The minimum absolute atomic E-state index is 0.0441. The van der Waals surface area contributed by atoms with Crippen LogP contribution in [0.3, 0.4) is 0 Å². The number of halogens is 1. The largest absolute Gasteiger partial charge is 0.488 e. The topological polar surface area (TPSA) is 78.7 Å². The lowest BCUT2D eigenvalue weighted by Gasteiger charge is -2.09. The van der Waals surface area contributed by atoms with Gasteiger partial charge in [0.05, 0.1) is 16.0 Å². The first-order chi connectivity index (χ1) is 12.0. The average molecular weight is 406 g/mol. The number of nitro groups is 1. The van der Waals surface area contributed by atoms with Crippen molar-refractivity contribution in [3.05, 3.63) is 74.3 Å². The van der Waals surface area contributed by atoms with Crippen LogP contribution in [0, 0.1) is 10.1 Å². The zero-order chi connectivity index (χ0) is 18.2. The molecule has 25 heavy (non-hydrogen) atoms. The van der Waals surface area contributed by atoms with E-state index in [-0.39, 0.29) is 12.3 Å². The summed E-state index contributed by atoms with van der Waals surface area (Å²) in [7, 11) is 0. The first kappa shape index (κ1) is 18.7. The van der Waals surface area contributed by atoms with Crippen molar-refractivity contribution in [1.82, 2.24) is 0 Å². The highest BCUT2D eigenvalue weighted by Crippen LogP contribution is 2.27. The monoisotopic (exact) mass is 405 g/mol. The summed E-state index contributed by atoms with van der Waals surface area (Å²) in [5.74, 6) is 0.240. The number of carbonyl (C=O) groups excluding carboxylic acids is 1. The molecule has 0 bridgehead atoms. The van der Waals surface area contributed by atoms with E-state index in [4.69, 9.17) is 9.47 Å². The smallest absolute Gasteiger partial charge is 0.330 e. The number of hydrogen-bond donors (Lipinski definition) is 0. The van der Waals surface area contributed by atoms with Crippen molar-refractivity contribution in [3.63, 3.8) is 0 Å². The molecule has 0 heterocycles. The predicted molar refractivity (Wildman–Crippen MR) is 97.2 cm³/mol. The molecule has 0 saturated carbocycles. The number of nitrogens with zero attached hydrogens (tertiary/aromatic N) is 1. The van der Waals surface area contributed by atoms with Crippen LogP contribution >= 0.6 is 15.9 Å². The molecule has 0 atom stereocenters. The molecule has 0 N–H and O–H groups in total. The lowest BCUT2D eigenvalue weighted by atomic mass is 10.2. The van der Waals surface area contributed by atoms with Crippen molar-refractivity contribution in [1.29, 1.82) is 0 Å². The molecular formula is C18H16BrNO5. The van der Waals surface area contributed by atoms with Gasteiger partial charge in [0.1, 0.15) is 12.4 Å². The van der Waals surface area contributed by atoms with Crippen LogP contribution in [0.25, 0.3) is 6.08 Å². The van der Waals surface area contributed by atoms with Gasteiger partial charge in [0.25, 0.3) is 5.69 Å². The summed E-state index contributed by atoms with van der Waals surface area (Å²) in [6, 6.07) is 11.6. The molecule has 0 aliphatic rings. The highest BCUT2D eigenvalue weighted by atomic mass is 79.9. The van der Waals surface area contributed by atoms with Gasteiger partial charge in [-0.3, -0.25) is 10.1 Å². The SMILES string of the molecule is CCOC(=O)/C=C/c1ccc(OCc2ccc([N+](=O)[O-])cc2)c(Br)c1. The number of benzene rings is 2. The van der Waals surface area contributed by atoms with E-state index in [2.05, 4.69) is 15.9 Å². The number of esters is 1. The Morgan fingerprint density at radius 1 is 1.24 bits per heavy atom. The van der Waals surface area contributed by atoms with E-state index >= 15 is 0 Å². The third-order valence-corrected chi connectivity index (χ3v) is 3.82. The van der Waals surface area contributed by atoms with Crippen molar-refractivity contribution in [3.8, 4) is 5.75 Å². The van der Waals surface area contributed by atoms with Crippen molar-refractivity contribution >= 4 is 33.7 Å². The summed E-state index contributed by atoms with van der Waals surface area (Å²) < 4.78 is 11.3. The summed E-state index contributed by atoms with van der Waals surface area (Å²) in [5, 5.41) is 10.6. The number of hydrogen-bond acceptors (Lipinski definition) is 5. The van der Waals surface area contributed by atoms with Gasteiger partial charge in [-0.2, -0.15) is 0 Å². The van der Waals surface area contributed by atoms with Gasteiger partial charge in [-0.05, 0) is 64.3 Å². The Kier molecular flexibility index (Phi) is 6.71. The molecule has 0 aromatic heterocycles. The van der Waals surface area contributed by atoms with E-state index in [1.165, 1.54) is 18.2 Å². The van der Waals surface area contributed by atoms with Crippen LogP contribution in [0.2, 0.25) is 0 Å². The summed E-state index contributed by atoms with van der Waals surface area (Å²) in [6.07, 6.45) is 3.02. The van der Waals surface area contributed by atoms with Gasteiger partial charge >= 0.3 is 5.97 Å². The zero-order valence-electron chi connectivity index (χ0n) is 13.5. The number of nitro benzene ring substituents is 1. The second-order valence-electron chi connectivity index (χ2n) is 4.99. The fourth-order valence-corrected chi connectivity index (χ4v) is 2.48. The molecule has 6 nitrogen and oxygen atoms in total. The van der Waals surface area contributed by atoms with Crippen LogP contribution in [-0.2, 0) is 16.1 Å². The highest BCUT2D eigenvalue weighted by molar-refractivity contribution is 9.10. The molecule has 7 heteroatoms. The van der Waals surface area contributed by atoms with Gasteiger partial charge in [0.15, 0.2) is 0 Å². The van der Waals surface area contributed by atoms with E-state index < -0.39 is 10.9 Å². The summed E-state index contributed by atoms with van der Waals surface area (Å²) in [4.78, 5) is 21.5. The Balaban J connectivity index is 1.98. The zero-order valence-corrected chi connectivity index (χ0v) is 15.1. The first-order valence-electron chi connectivity index (χ1n) is 7.50. The van der Waals surface area contributed by atoms with E-state index in [1.807, 2.05) is 12.1 Å². The van der Waals surface area contributed by atoms with Gasteiger partial charge in [0, 0.05) is 18.2 Å². The minimum Gasteiger partial charge on any atom is -0.488 e. The van der Waals surface area contributed by atoms with Crippen molar-refractivity contribution in [2.24, 2.45) is 0 Å². The van der Waals surface area contributed by atoms with E-state index in [9.17, 15) is 14.9 Å². The van der Waals surface area contributed by atoms with Gasteiger partial charge < -0.3 is 9.47 Å². The second kappa shape index (κ2) is 8.98. The molecule has 130 valence electrons. The maximum atomic E-state index is 11.3. The van der Waals surface area contributed by atoms with Gasteiger partial charge in [0.2, 0.25) is 0 Å². The molecule has 2 aromatic rings. The Morgan fingerprint density at radius 2 is 1.96 bits per heavy atom. The van der Waals surface area contributed by atoms with E-state index in [1.54, 1.807) is 31.2 Å². The fraction of sp³-hybridized carbons (Fsp3) is 0.167. The van der Waals surface area contributed by atoms with Gasteiger partial charge in [-0.25, -0.2) is 4.79 Å². The molecule has 0 saturated heterocycles. The number of ether oxygens (including phenoxy) is 2. The lowest BCUT2D eigenvalue weighted by molar-refractivity contribution is -0.384. The van der Waals surface area contributed by atoms with Crippen LogP contribution in [0.1, 0.15) is 18.1 Å². The first-order valence-corrected chi connectivity index (χ1v) is 8.29. The molecule has 0 amide bonds. The second-order valence-corrected chi connectivity index (χ2v) is 5.84. The lowest BCUT2D eigenvalue weighted by Crippen LogP contribution is -1.98. The van der Waals surface area contributed by atoms with E-state index in [0.717, 1.165) is 15.6 Å². The van der Waals surface area contributed by atoms with Crippen LogP contribution in [-0.4, -0.2) is 17.5 Å². The summed E-state index contributed by atoms with van der Waals surface area (Å²) in [6.45, 7) is 2.37. The maximum Gasteiger partial charge on any atom is 0.330 e. The molecule has 0 unspecified atom stereocenters. The standard InChI is InChI=1S/C18H16BrNO5/c1-2-24-18(21)10-6-13-5-9-17(16(19)11-13)25-12-14-3-7-15(8-4-14)20(22)23/h3-11H,2,12H2,1H3/b10-6+. The Morgan fingerprint density at radius 3 is 2.56 bits per heavy atom. The van der Waals surface area contributed by atoms with Gasteiger partial charge in [-0.1, -0.05) is 6.07 Å². The number of non-ortho nitro benzene ring substituents is 1. The average Bonchev–Trinajstić information content (AvgIpc) is 2.60.